The number of ether oxygens (including phenoxy) is 8. The van der Waals surface area contributed by atoms with Crippen LogP contribution < -0.4 is 14.2 Å². The molecule has 2 heterocycles. The minimum absolute atomic E-state index is 0.0345. The number of phenolic OH excluding ortho intramolecular Hbond substituents is 1. The molecule has 5 atom stereocenters. The number of ketones is 1. The van der Waals surface area contributed by atoms with E-state index in [4.69, 9.17) is 37.9 Å². The number of Topliss-reactive ketones (excluding diaryl/α,β-unsaturated/α-hetero) is 1. The van der Waals surface area contributed by atoms with Crippen LogP contribution in [0.3, 0.4) is 0 Å². The van der Waals surface area contributed by atoms with Crippen molar-refractivity contribution < 1.29 is 67.0 Å². The molecular formula is C31H34O14. The van der Waals surface area contributed by atoms with Crippen molar-refractivity contribution in [3.05, 3.63) is 47.0 Å². The zero-order valence-electron chi connectivity index (χ0n) is 25.4. The van der Waals surface area contributed by atoms with Crippen LogP contribution in [-0.4, -0.2) is 78.9 Å². The van der Waals surface area contributed by atoms with Crippen molar-refractivity contribution in [2.45, 2.75) is 78.2 Å². The number of carbonyl (C=O) groups is 5. The first kappa shape index (κ1) is 33.1. The van der Waals surface area contributed by atoms with E-state index in [1.165, 1.54) is 12.1 Å². The van der Waals surface area contributed by atoms with Gasteiger partial charge in [0.2, 0.25) is 19.2 Å². The Hall–Kier alpha value is -4.85. The fraction of sp³-hybridized carbons (Fsp3) is 0.452. The molecule has 2 aliphatic heterocycles. The number of phenols is 1. The largest absolute Gasteiger partial charge is 0.507 e. The molecule has 4 rings (SSSR count). The van der Waals surface area contributed by atoms with Crippen molar-refractivity contribution in [3.63, 3.8) is 0 Å². The van der Waals surface area contributed by atoms with Gasteiger partial charge in [-0.05, 0) is 36.2 Å². The molecule has 1 fully saturated rings. The highest BCUT2D eigenvalue weighted by Gasteiger charge is 2.53. The monoisotopic (exact) mass is 630 g/mol. The van der Waals surface area contributed by atoms with E-state index in [0.29, 0.717) is 17.1 Å². The molecule has 2 aromatic rings. The topological polar surface area (TPSA) is 179 Å². The molecule has 2 aromatic carbocycles. The van der Waals surface area contributed by atoms with Gasteiger partial charge in [-0.15, -0.1) is 0 Å². The van der Waals surface area contributed by atoms with Gasteiger partial charge >= 0.3 is 23.9 Å². The fourth-order valence-electron chi connectivity index (χ4n) is 5.04. The molecule has 0 radical (unpaired) electrons. The van der Waals surface area contributed by atoms with Gasteiger partial charge in [-0.1, -0.05) is 13.0 Å². The van der Waals surface area contributed by atoms with Gasteiger partial charge in [-0.25, -0.2) is 0 Å². The van der Waals surface area contributed by atoms with Crippen LogP contribution in [0.4, 0.5) is 0 Å². The second-order valence-corrected chi connectivity index (χ2v) is 10.3. The standard InChI is InChI=1S/C31H34O14/c1-6-20-23(10-8-21(27(20)37)22(36)11-19-7-9-24-25(12-19)40-14-39-24)44-31-30(43-18(5)35)29(42-17(4)34)28(41-16(3)33)26(45-31)13-38-15(2)32/h7-10,12,26,28-31,37H,6,11,13-14H2,1-5H3/t26-,28-,29-,30+,31-/m1/s1. The first-order valence-electron chi connectivity index (χ1n) is 14.1. The van der Waals surface area contributed by atoms with E-state index in [2.05, 4.69) is 0 Å². The van der Waals surface area contributed by atoms with E-state index >= 15 is 0 Å². The summed E-state index contributed by atoms with van der Waals surface area (Å²) in [6.07, 6.45) is -6.82. The average molecular weight is 631 g/mol. The highest BCUT2D eigenvalue weighted by Crippen LogP contribution is 2.37. The van der Waals surface area contributed by atoms with Crippen LogP contribution in [0.2, 0.25) is 0 Å². The summed E-state index contributed by atoms with van der Waals surface area (Å²) in [4.78, 5) is 61.0. The van der Waals surface area contributed by atoms with Crippen LogP contribution in [-0.2, 0) is 55.7 Å². The van der Waals surface area contributed by atoms with E-state index in [1.54, 1.807) is 25.1 Å². The third-order valence-electron chi connectivity index (χ3n) is 6.89. The molecule has 0 unspecified atom stereocenters. The first-order chi connectivity index (χ1) is 21.4. The second-order valence-electron chi connectivity index (χ2n) is 10.3. The van der Waals surface area contributed by atoms with E-state index in [0.717, 1.165) is 27.7 Å². The summed E-state index contributed by atoms with van der Waals surface area (Å²) in [7, 11) is 0. The van der Waals surface area contributed by atoms with Crippen molar-refractivity contribution >= 4 is 29.7 Å². The lowest BCUT2D eigenvalue weighted by molar-refractivity contribution is -0.288. The predicted octanol–water partition coefficient (Wildman–Crippen LogP) is 2.57. The van der Waals surface area contributed by atoms with Gasteiger partial charge in [0, 0.05) is 39.7 Å². The Bertz CT molecular complexity index is 1470. The molecule has 45 heavy (non-hydrogen) atoms. The summed E-state index contributed by atoms with van der Waals surface area (Å²) in [5.41, 5.74) is 0.928. The molecule has 0 spiro atoms. The van der Waals surface area contributed by atoms with Gasteiger partial charge in [-0.2, -0.15) is 0 Å². The van der Waals surface area contributed by atoms with Crippen molar-refractivity contribution in [2.24, 2.45) is 0 Å². The number of hydrogen-bond acceptors (Lipinski definition) is 14. The summed E-state index contributed by atoms with van der Waals surface area (Å²) in [5.74, 6) is -2.56. The first-order valence-corrected chi connectivity index (χ1v) is 14.1. The van der Waals surface area contributed by atoms with E-state index < -0.39 is 61.2 Å². The third kappa shape index (κ3) is 8.01. The Labute approximate surface area is 258 Å². The Morgan fingerprint density at radius 1 is 0.822 bits per heavy atom. The highest BCUT2D eigenvalue weighted by atomic mass is 16.7. The molecule has 14 nitrogen and oxygen atoms in total. The quantitative estimate of drug-likeness (QED) is 0.217. The number of carbonyl (C=O) groups excluding carboxylic acids is 5. The lowest BCUT2D eigenvalue weighted by Gasteiger charge is -2.44. The lowest BCUT2D eigenvalue weighted by atomic mass is 9.97. The SMILES string of the molecule is CCc1c(O[C@@H]2O[C@H](COC(C)=O)[C@@H](OC(C)=O)[C@@H](OC(C)=O)[C@@H]2OC(C)=O)ccc(C(=O)Cc2ccc3c(c2)OCO3)c1O. The summed E-state index contributed by atoms with van der Waals surface area (Å²) >= 11 is 0. The van der Waals surface area contributed by atoms with Gasteiger partial charge in [0.1, 0.15) is 24.2 Å². The van der Waals surface area contributed by atoms with Gasteiger partial charge < -0.3 is 43.0 Å². The minimum atomic E-state index is -1.51. The van der Waals surface area contributed by atoms with Crippen LogP contribution in [0.5, 0.6) is 23.0 Å². The highest BCUT2D eigenvalue weighted by molar-refractivity contribution is 6.00. The maximum atomic E-state index is 13.2. The molecule has 14 heteroatoms. The summed E-state index contributed by atoms with van der Waals surface area (Å²) in [5, 5.41) is 11.2. The van der Waals surface area contributed by atoms with E-state index in [1.807, 2.05) is 0 Å². The van der Waals surface area contributed by atoms with E-state index in [-0.39, 0.29) is 48.0 Å². The summed E-state index contributed by atoms with van der Waals surface area (Å²) in [6, 6.07) is 7.95. The zero-order chi connectivity index (χ0) is 32.8. The van der Waals surface area contributed by atoms with Crippen molar-refractivity contribution in [1.82, 2.24) is 0 Å². The maximum absolute atomic E-state index is 13.2. The van der Waals surface area contributed by atoms with Gasteiger partial charge in [0.15, 0.2) is 29.5 Å². The van der Waals surface area contributed by atoms with Crippen LogP contribution >= 0.6 is 0 Å². The number of rotatable bonds is 11. The van der Waals surface area contributed by atoms with Crippen molar-refractivity contribution in [2.75, 3.05) is 13.4 Å². The Balaban J connectivity index is 1.65. The van der Waals surface area contributed by atoms with Crippen LogP contribution in [0.25, 0.3) is 0 Å². The Kier molecular flexibility index (Phi) is 10.5. The number of esters is 4. The molecule has 0 amide bonds. The smallest absolute Gasteiger partial charge is 0.303 e. The average Bonchev–Trinajstić information content (AvgIpc) is 3.42. The van der Waals surface area contributed by atoms with Gasteiger partial charge in [0.25, 0.3) is 0 Å². The molecule has 242 valence electrons. The Morgan fingerprint density at radius 3 is 2.11 bits per heavy atom. The number of benzene rings is 2. The number of hydrogen-bond donors (Lipinski definition) is 1. The Morgan fingerprint density at radius 2 is 1.47 bits per heavy atom. The maximum Gasteiger partial charge on any atom is 0.303 e. The number of aromatic hydroxyl groups is 1. The molecule has 1 saturated heterocycles. The molecule has 1 N–H and O–H groups in total. The van der Waals surface area contributed by atoms with Crippen LogP contribution in [0.15, 0.2) is 30.3 Å². The number of fused-ring (bicyclic) bond motifs is 1. The lowest BCUT2D eigenvalue weighted by Crippen LogP contribution is -2.63. The zero-order valence-corrected chi connectivity index (χ0v) is 25.4. The molecule has 0 saturated carbocycles. The molecule has 2 aliphatic rings. The van der Waals surface area contributed by atoms with Crippen LogP contribution in [0, 0.1) is 0 Å². The molecule has 0 aromatic heterocycles. The minimum Gasteiger partial charge on any atom is -0.507 e. The van der Waals surface area contributed by atoms with Gasteiger partial charge in [0.05, 0.1) is 5.56 Å². The van der Waals surface area contributed by atoms with E-state index in [9.17, 15) is 29.1 Å². The predicted molar refractivity (Wildman–Crippen MR) is 151 cm³/mol. The molecular weight excluding hydrogens is 596 g/mol. The van der Waals surface area contributed by atoms with Crippen molar-refractivity contribution in [3.8, 4) is 23.0 Å². The summed E-state index contributed by atoms with van der Waals surface area (Å²) in [6.45, 7) is 5.87. The van der Waals surface area contributed by atoms with Crippen molar-refractivity contribution in [1.29, 1.82) is 0 Å². The molecule has 0 aliphatic carbocycles. The third-order valence-corrected chi connectivity index (χ3v) is 6.89. The fourth-order valence-corrected chi connectivity index (χ4v) is 5.04. The normalized spacial score (nSPS) is 21.8. The van der Waals surface area contributed by atoms with Crippen LogP contribution in [0.1, 0.15) is 56.1 Å². The van der Waals surface area contributed by atoms with Gasteiger partial charge in [-0.3, -0.25) is 24.0 Å². The summed E-state index contributed by atoms with van der Waals surface area (Å²) < 4.78 is 44.1. The molecule has 0 bridgehead atoms. The second kappa shape index (κ2) is 14.3.